The van der Waals surface area contributed by atoms with E-state index in [1.54, 1.807) is 24.9 Å². The molecule has 1 aromatic carbocycles. The zero-order chi connectivity index (χ0) is 16.9. The van der Waals surface area contributed by atoms with Gasteiger partial charge in [-0.1, -0.05) is 23.7 Å². The number of carbonyl (C=O) groups excluding carboxylic acids is 1. The molecule has 0 saturated heterocycles. The van der Waals surface area contributed by atoms with Gasteiger partial charge in [0.25, 0.3) is 0 Å². The average Bonchev–Trinajstić information content (AvgIpc) is 3.05. The van der Waals surface area contributed by atoms with Gasteiger partial charge in [0, 0.05) is 11.9 Å². The lowest BCUT2D eigenvalue weighted by Gasteiger charge is -2.10. The van der Waals surface area contributed by atoms with Gasteiger partial charge >= 0.3 is 6.03 Å². The summed E-state index contributed by atoms with van der Waals surface area (Å²) in [6.45, 7) is 0.617. The van der Waals surface area contributed by atoms with E-state index < -0.39 is 6.03 Å². The minimum Gasteiger partial charge on any atom is -0.316 e. The molecule has 2 amide bonds. The fraction of sp³-hybridized carbons (Fsp3) is 0.0667. The van der Waals surface area contributed by atoms with E-state index in [0.717, 1.165) is 5.56 Å². The van der Waals surface area contributed by atoms with E-state index in [1.807, 2.05) is 22.8 Å². The monoisotopic (exact) mass is 406 g/mol. The van der Waals surface area contributed by atoms with Crippen LogP contribution in [-0.2, 0) is 6.54 Å². The first-order chi connectivity index (χ1) is 11.6. The number of rotatable bonds is 4. The summed E-state index contributed by atoms with van der Waals surface area (Å²) in [6.07, 6.45) is 6.30. The fourth-order valence-electron chi connectivity index (χ4n) is 2.05. The Kier molecular flexibility index (Phi) is 5.07. The zero-order valence-corrected chi connectivity index (χ0v) is 14.6. The van der Waals surface area contributed by atoms with Crippen molar-refractivity contribution in [2.75, 3.05) is 10.6 Å². The largest absolute Gasteiger partial charge is 0.323 e. The Hall–Kier alpha value is -2.45. The van der Waals surface area contributed by atoms with Crippen molar-refractivity contribution in [3.05, 3.63) is 64.4 Å². The summed E-state index contributed by atoms with van der Waals surface area (Å²) in [5.74, 6) is 0. The number of nitrogens with one attached hydrogen (secondary N) is 2. The molecule has 0 unspecified atom stereocenters. The summed E-state index contributed by atoms with van der Waals surface area (Å²) < 4.78 is 2.45. The highest BCUT2D eigenvalue weighted by atomic mass is 79.9. The minimum atomic E-state index is -0.404. The predicted octanol–water partition coefficient (Wildman–Crippen LogP) is 3.78. The number of urea groups is 1. The van der Waals surface area contributed by atoms with E-state index >= 15 is 0 Å². The van der Waals surface area contributed by atoms with Crippen LogP contribution in [0.3, 0.4) is 0 Å². The van der Waals surface area contributed by atoms with Crippen LogP contribution in [0, 0.1) is 0 Å². The molecule has 0 spiro atoms. The van der Waals surface area contributed by atoms with Gasteiger partial charge in [-0.15, -0.1) is 10.2 Å². The first kappa shape index (κ1) is 16.4. The molecule has 2 N–H and O–H groups in total. The Bertz CT molecular complexity index is 855. The maximum atomic E-state index is 12.1. The van der Waals surface area contributed by atoms with Gasteiger partial charge < -0.3 is 15.2 Å². The highest BCUT2D eigenvalue weighted by Gasteiger charge is 2.09. The van der Waals surface area contributed by atoms with Gasteiger partial charge in [-0.3, -0.25) is 4.98 Å². The Morgan fingerprint density at radius 3 is 2.79 bits per heavy atom. The van der Waals surface area contributed by atoms with Crippen molar-refractivity contribution in [3.63, 3.8) is 0 Å². The van der Waals surface area contributed by atoms with Gasteiger partial charge in [0.05, 0.1) is 27.9 Å². The summed E-state index contributed by atoms with van der Waals surface area (Å²) in [7, 11) is 0. The molecule has 2 heterocycles. The number of pyridine rings is 1. The molecule has 122 valence electrons. The number of hydrogen-bond donors (Lipinski definition) is 2. The van der Waals surface area contributed by atoms with Gasteiger partial charge in [-0.25, -0.2) is 4.79 Å². The van der Waals surface area contributed by atoms with Crippen molar-refractivity contribution in [2.45, 2.75) is 6.54 Å². The number of hydrogen-bond acceptors (Lipinski definition) is 4. The number of carbonyl (C=O) groups is 1. The second-order valence-corrected chi connectivity index (χ2v) is 6.13. The lowest BCUT2D eigenvalue weighted by atomic mass is 10.2. The fourth-order valence-corrected chi connectivity index (χ4v) is 2.53. The van der Waals surface area contributed by atoms with Gasteiger partial charge in [0.1, 0.15) is 12.7 Å². The molecule has 24 heavy (non-hydrogen) atoms. The van der Waals surface area contributed by atoms with Crippen molar-refractivity contribution in [1.82, 2.24) is 19.7 Å². The summed E-state index contributed by atoms with van der Waals surface area (Å²) in [5, 5.41) is 13.3. The highest BCUT2D eigenvalue weighted by molar-refractivity contribution is 9.10. The van der Waals surface area contributed by atoms with Gasteiger partial charge in [0.15, 0.2) is 0 Å². The molecule has 0 saturated carbocycles. The Balaban J connectivity index is 1.67. The van der Waals surface area contributed by atoms with Crippen LogP contribution < -0.4 is 10.6 Å². The van der Waals surface area contributed by atoms with Crippen molar-refractivity contribution >= 4 is 44.9 Å². The average molecular weight is 408 g/mol. The van der Waals surface area contributed by atoms with Crippen molar-refractivity contribution < 1.29 is 4.79 Å². The third-order valence-electron chi connectivity index (χ3n) is 3.10. The molecule has 0 aliphatic carbocycles. The van der Waals surface area contributed by atoms with E-state index in [9.17, 15) is 4.79 Å². The van der Waals surface area contributed by atoms with Crippen LogP contribution in [0.4, 0.5) is 16.2 Å². The molecule has 9 heteroatoms. The SMILES string of the molecule is O=C(Nc1cccc(Cn2cnnc2)c1)Nc1cncc(Br)c1Cl. The first-order valence-electron chi connectivity index (χ1n) is 6.90. The Labute approximate surface area is 151 Å². The number of aromatic nitrogens is 4. The van der Waals surface area contributed by atoms with Gasteiger partial charge in [-0.2, -0.15) is 0 Å². The van der Waals surface area contributed by atoms with Gasteiger partial charge in [-0.05, 0) is 33.6 Å². The van der Waals surface area contributed by atoms with Gasteiger partial charge in [0.2, 0.25) is 0 Å². The molecular weight excluding hydrogens is 396 g/mol. The van der Waals surface area contributed by atoms with Crippen LogP contribution in [0.1, 0.15) is 5.56 Å². The molecule has 0 aliphatic heterocycles. The van der Waals surface area contributed by atoms with E-state index in [1.165, 1.54) is 6.20 Å². The number of benzene rings is 1. The smallest absolute Gasteiger partial charge is 0.316 e. The molecule has 0 aliphatic rings. The molecule has 0 radical (unpaired) electrons. The molecule has 2 aromatic heterocycles. The highest BCUT2D eigenvalue weighted by Crippen LogP contribution is 2.28. The maximum Gasteiger partial charge on any atom is 0.323 e. The second kappa shape index (κ2) is 7.41. The van der Waals surface area contributed by atoms with Crippen molar-refractivity contribution in [2.24, 2.45) is 0 Å². The predicted molar refractivity (Wildman–Crippen MR) is 95.2 cm³/mol. The summed E-state index contributed by atoms with van der Waals surface area (Å²) in [6, 6.07) is 7.09. The molecular formula is C15H12BrClN6O. The third-order valence-corrected chi connectivity index (χ3v) is 4.34. The number of amides is 2. The summed E-state index contributed by atoms with van der Waals surface area (Å²) >= 11 is 9.36. The molecule has 7 nitrogen and oxygen atoms in total. The van der Waals surface area contributed by atoms with Crippen molar-refractivity contribution in [3.8, 4) is 0 Å². The van der Waals surface area contributed by atoms with Crippen LogP contribution in [0.2, 0.25) is 5.02 Å². The zero-order valence-electron chi connectivity index (χ0n) is 12.3. The summed E-state index contributed by atoms with van der Waals surface area (Å²) in [4.78, 5) is 16.1. The molecule has 0 fully saturated rings. The first-order valence-corrected chi connectivity index (χ1v) is 8.07. The second-order valence-electron chi connectivity index (χ2n) is 4.90. The van der Waals surface area contributed by atoms with E-state index in [-0.39, 0.29) is 0 Å². The Morgan fingerprint density at radius 1 is 1.21 bits per heavy atom. The Morgan fingerprint density at radius 2 is 2.00 bits per heavy atom. The molecule has 0 atom stereocenters. The van der Waals surface area contributed by atoms with Crippen LogP contribution in [0.15, 0.2) is 53.8 Å². The van der Waals surface area contributed by atoms with E-state index in [4.69, 9.17) is 11.6 Å². The van der Waals surface area contributed by atoms with Crippen molar-refractivity contribution in [1.29, 1.82) is 0 Å². The van der Waals surface area contributed by atoms with Crippen LogP contribution in [-0.4, -0.2) is 25.8 Å². The topological polar surface area (TPSA) is 84.7 Å². The van der Waals surface area contributed by atoms with Crippen LogP contribution >= 0.6 is 27.5 Å². The molecule has 3 rings (SSSR count). The maximum absolute atomic E-state index is 12.1. The number of anilines is 2. The summed E-state index contributed by atoms with van der Waals surface area (Å²) in [5.41, 5.74) is 2.09. The number of nitrogens with zero attached hydrogens (tertiary/aromatic N) is 4. The van der Waals surface area contributed by atoms with Crippen LogP contribution in [0.5, 0.6) is 0 Å². The lowest BCUT2D eigenvalue weighted by molar-refractivity contribution is 0.262. The minimum absolute atomic E-state index is 0.390. The third kappa shape index (κ3) is 4.09. The quantitative estimate of drug-likeness (QED) is 0.689. The molecule has 3 aromatic rings. The standard InChI is InChI=1S/C15H12BrClN6O/c16-12-5-18-6-13(14(12)17)22-15(24)21-11-3-1-2-10(4-11)7-23-8-19-20-9-23/h1-6,8-9H,7H2,(H2,21,22,24). The van der Waals surface area contributed by atoms with E-state index in [0.29, 0.717) is 27.4 Å². The lowest BCUT2D eigenvalue weighted by Crippen LogP contribution is -2.20. The normalized spacial score (nSPS) is 10.4. The van der Waals surface area contributed by atoms with E-state index in [2.05, 4.69) is 41.7 Å². The number of halogens is 2. The van der Waals surface area contributed by atoms with Crippen LogP contribution in [0.25, 0.3) is 0 Å². The molecule has 0 bridgehead atoms.